The Bertz CT molecular complexity index is 829. The third-order valence-electron chi connectivity index (χ3n) is 3.94. The Balaban J connectivity index is 1.39. The Morgan fingerprint density at radius 2 is 2.00 bits per heavy atom. The predicted octanol–water partition coefficient (Wildman–Crippen LogP) is 3.72. The highest BCUT2D eigenvalue weighted by molar-refractivity contribution is 7.09. The van der Waals surface area contributed by atoms with Crippen molar-refractivity contribution in [2.75, 3.05) is 11.9 Å². The van der Waals surface area contributed by atoms with Gasteiger partial charge in [0.2, 0.25) is 11.1 Å². The summed E-state index contributed by atoms with van der Waals surface area (Å²) in [5.74, 6) is 0.577. The number of hydrogen-bond acceptors (Lipinski definition) is 6. The van der Waals surface area contributed by atoms with Crippen LogP contribution in [0.3, 0.4) is 0 Å². The van der Waals surface area contributed by atoms with Crippen LogP contribution in [0.2, 0.25) is 0 Å². The zero-order valence-electron chi connectivity index (χ0n) is 14.6. The summed E-state index contributed by atoms with van der Waals surface area (Å²) in [6, 6.07) is 5.41. The van der Waals surface area contributed by atoms with E-state index in [9.17, 15) is 13.2 Å². The van der Waals surface area contributed by atoms with Gasteiger partial charge in [0, 0.05) is 43.1 Å². The summed E-state index contributed by atoms with van der Waals surface area (Å²) in [6.45, 7) is 3.26. The molecule has 1 unspecified atom stereocenters. The first-order valence-electron chi connectivity index (χ1n) is 8.37. The summed E-state index contributed by atoms with van der Waals surface area (Å²) in [5, 5.41) is 7.26. The summed E-state index contributed by atoms with van der Waals surface area (Å²) < 4.78 is 43.7. The van der Waals surface area contributed by atoms with Gasteiger partial charge in [-0.15, -0.1) is 0 Å². The van der Waals surface area contributed by atoms with Gasteiger partial charge in [0.25, 0.3) is 0 Å². The molecule has 1 atom stereocenters. The summed E-state index contributed by atoms with van der Waals surface area (Å²) >= 11 is 1.28. The van der Waals surface area contributed by atoms with Crippen molar-refractivity contribution in [3.8, 4) is 5.95 Å². The molecule has 2 N–H and O–H groups in total. The zero-order chi connectivity index (χ0) is 19.3. The van der Waals surface area contributed by atoms with E-state index in [0.717, 1.165) is 29.2 Å². The molecule has 144 valence electrons. The molecule has 1 aromatic carbocycles. The molecular weight excluding hydrogens is 377 g/mol. The number of nitrogens with zero attached hydrogens (tertiary/aromatic N) is 4. The van der Waals surface area contributed by atoms with Crippen molar-refractivity contribution >= 4 is 16.7 Å². The molecule has 0 fully saturated rings. The van der Waals surface area contributed by atoms with E-state index in [0.29, 0.717) is 19.0 Å². The van der Waals surface area contributed by atoms with Crippen LogP contribution < -0.4 is 10.6 Å². The largest absolute Gasteiger partial charge is 0.416 e. The lowest BCUT2D eigenvalue weighted by molar-refractivity contribution is -0.137. The van der Waals surface area contributed by atoms with Crippen molar-refractivity contribution < 1.29 is 13.2 Å². The molecule has 0 aliphatic rings. The van der Waals surface area contributed by atoms with Gasteiger partial charge in [-0.1, -0.05) is 12.1 Å². The highest BCUT2D eigenvalue weighted by Crippen LogP contribution is 2.29. The van der Waals surface area contributed by atoms with Crippen molar-refractivity contribution in [3.63, 3.8) is 0 Å². The fraction of sp³-hybridized carbons (Fsp3) is 0.353. The number of aromatic nitrogens is 4. The Morgan fingerprint density at radius 1 is 1.22 bits per heavy atom. The second-order valence-electron chi connectivity index (χ2n) is 6.06. The molecular formula is C17H19F3N6S. The minimum atomic E-state index is -4.30. The fourth-order valence-corrected chi connectivity index (χ4v) is 2.96. The summed E-state index contributed by atoms with van der Waals surface area (Å²) in [4.78, 5) is 8.34. The van der Waals surface area contributed by atoms with E-state index in [-0.39, 0.29) is 6.04 Å². The molecule has 0 bridgehead atoms. The van der Waals surface area contributed by atoms with E-state index < -0.39 is 11.7 Å². The molecule has 0 spiro atoms. The first-order chi connectivity index (χ1) is 12.9. The molecule has 0 aliphatic heterocycles. The molecule has 0 radical (unpaired) electrons. The van der Waals surface area contributed by atoms with Crippen LogP contribution in [-0.2, 0) is 12.7 Å². The molecule has 3 aromatic rings. The third-order valence-corrected chi connectivity index (χ3v) is 4.60. The average Bonchev–Trinajstić information content (AvgIpc) is 3.31. The van der Waals surface area contributed by atoms with Crippen LogP contribution in [0.25, 0.3) is 5.95 Å². The van der Waals surface area contributed by atoms with Crippen molar-refractivity contribution in [1.29, 1.82) is 0 Å². The van der Waals surface area contributed by atoms with Crippen LogP contribution in [0.5, 0.6) is 0 Å². The minimum Gasteiger partial charge on any atom is -0.360 e. The van der Waals surface area contributed by atoms with E-state index in [1.165, 1.54) is 23.7 Å². The number of hydrogen-bond donors (Lipinski definition) is 2. The number of halogens is 3. The van der Waals surface area contributed by atoms with Gasteiger partial charge in [-0.05, 0) is 31.0 Å². The number of anilines is 1. The average molecular weight is 396 g/mol. The monoisotopic (exact) mass is 396 g/mol. The first-order valence-corrected chi connectivity index (χ1v) is 9.14. The Morgan fingerprint density at radius 3 is 2.67 bits per heavy atom. The molecule has 6 nitrogen and oxygen atoms in total. The van der Waals surface area contributed by atoms with Gasteiger partial charge in [0.1, 0.15) is 6.33 Å². The maximum Gasteiger partial charge on any atom is 0.416 e. The first kappa shape index (κ1) is 19.3. The Hall–Kier alpha value is -2.46. The number of nitrogens with one attached hydrogen (secondary N) is 2. The smallest absolute Gasteiger partial charge is 0.360 e. The Labute approximate surface area is 158 Å². The van der Waals surface area contributed by atoms with E-state index >= 15 is 0 Å². The van der Waals surface area contributed by atoms with Gasteiger partial charge in [0.05, 0.1) is 5.56 Å². The second-order valence-corrected chi connectivity index (χ2v) is 6.81. The molecule has 27 heavy (non-hydrogen) atoms. The molecule has 0 saturated carbocycles. The normalized spacial score (nSPS) is 12.9. The van der Waals surface area contributed by atoms with Crippen molar-refractivity contribution in [2.24, 2.45) is 0 Å². The topological polar surface area (TPSA) is 67.7 Å². The van der Waals surface area contributed by atoms with Gasteiger partial charge in [-0.3, -0.25) is 4.57 Å². The lowest BCUT2D eigenvalue weighted by atomic mass is 10.1. The van der Waals surface area contributed by atoms with Crippen molar-refractivity contribution in [1.82, 2.24) is 24.2 Å². The van der Waals surface area contributed by atoms with Crippen LogP contribution in [0.1, 0.15) is 24.5 Å². The molecule has 2 aromatic heterocycles. The van der Waals surface area contributed by atoms with Gasteiger partial charge in [-0.25, -0.2) is 4.98 Å². The molecule has 10 heteroatoms. The lowest BCUT2D eigenvalue weighted by Gasteiger charge is -2.14. The summed E-state index contributed by atoms with van der Waals surface area (Å²) in [7, 11) is 0. The van der Waals surface area contributed by atoms with E-state index in [1.54, 1.807) is 23.3 Å². The predicted molar refractivity (Wildman–Crippen MR) is 97.9 cm³/mol. The maximum absolute atomic E-state index is 12.6. The summed E-state index contributed by atoms with van der Waals surface area (Å²) in [6.07, 6.45) is 1.62. The molecule has 0 saturated heterocycles. The third kappa shape index (κ3) is 5.51. The number of benzene rings is 1. The molecule has 0 aliphatic carbocycles. The van der Waals surface area contributed by atoms with Crippen LogP contribution in [0.15, 0.2) is 43.0 Å². The van der Waals surface area contributed by atoms with Gasteiger partial charge in [-0.2, -0.15) is 22.5 Å². The summed E-state index contributed by atoms with van der Waals surface area (Å²) in [5.41, 5.74) is 0.188. The SMILES string of the molecule is CC(CCNc1nc(-n2ccnc2)ns1)NCc1ccc(C(F)(F)F)cc1. The molecule has 0 amide bonds. The lowest BCUT2D eigenvalue weighted by Crippen LogP contribution is -2.27. The fourth-order valence-electron chi connectivity index (χ4n) is 2.37. The van der Waals surface area contributed by atoms with Crippen LogP contribution in [0.4, 0.5) is 18.3 Å². The Kier molecular flexibility index (Phi) is 6.07. The quantitative estimate of drug-likeness (QED) is 0.607. The van der Waals surface area contributed by atoms with Crippen molar-refractivity contribution in [2.45, 2.75) is 32.1 Å². The number of rotatable bonds is 8. The van der Waals surface area contributed by atoms with E-state index in [1.807, 2.05) is 6.92 Å². The maximum atomic E-state index is 12.6. The van der Waals surface area contributed by atoms with Gasteiger partial charge in [0.15, 0.2) is 0 Å². The van der Waals surface area contributed by atoms with E-state index in [2.05, 4.69) is 25.0 Å². The zero-order valence-corrected chi connectivity index (χ0v) is 15.4. The van der Waals surface area contributed by atoms with Crippen LogP contribution >= 0.6 is 11.5 Å². The molecule has 3 rings (SSSR count). The molecule has 2 heterocycles. The number of imidazole rings is 1. The number of alkyl halides is 3. The minimum absolute atomic E-state index is 0.195. The van der Waals surface area contributed by atoms with Crippen molar-refractivity contribution in [3.05, 3.63) is 54.1 Å². The standard InChI is InChI=1S/C17H19F3N6S/c1-12(23-10-13-2-4-14(5-3-13)17(18,19)20)6-7-22-16-24-15(25-27-16)26-9-8-21-11-26/h2-5,8-9,11-12,23H,6-7,10H2,1H3,(H,22,24,25). The van der Waals surface area contributed by atoms with Gasteiger partial charge >= 0.3 is 6.18 Å². The van der Waals surface area contributed by atoms with Crippen LogP contribution in [-0.4, -0.2) is 31.5 Å². The van der Waals surface area contributed by atoms with E-state index in [4.69, 9.17) is 0 Å². The highest BCUT2D eigenvalue weighted by Gasteiger charge is 2.29. The van der Waals surface area contributed by atoms with Gasteiger partial charge < -0.3 is 10.6 Å². The second kappa shape index (κ2) is 8.49. The van der Waals surface area contributed by atoms with Crippen LogP contribution in [0, 0.1) is 0 Å². The highest BCUT2D eigenvalue weighted by atomic mass is 32.1.